The molecule has 0 saturated heterocycles. The Labute approximate surface area is 181 Å². The van der Waals surface area contributed by atoms with Crippen molar-refractivity contribution >= 4 is 11.6 Å². The van der Waals surface area contributed by atoms with Crippen molar-refractivity contribution in [3.05, 3.63) is 76.1 Å². The molecule has 160 valence electrons. The van der Waals surface area contributed by atoms with Gasteiger partial charge >= 0.3 is 0 Å². The van der Waals surface area contributed by atoms with E-state index in [-0.39, 0.29) is 11.5 Å². The Morgan fingerprint density at radius 3 is 2.39 bits per heavy atom. The Bertz CT molecular complexity index is 1120. The topological polar surface area (TPSA) is 73.2 Å². The predicted molar refractivity (Wildman–Crippen MR) is 122 cm³/mol. The van der Waals surface area contributed by atoms with Crippen molar-refractivity contribution in [2.45, 2.75) is 45.1 Å². The number of methoxy groups -OCH3 is 1. The predicted octanol–water partition coefficient (Wildman–Crippen LogP) is 4.39. The van der Waals surface area contributed by atoms with Gasteiger partial charge < -0.3 is 10.1 Å². The minimum Gasteiger partial charge on any atom is -0.497 e. The van der Waals surface area contributed by atoms with Gasteiger partial charge in [-0.15, -0.1) is 0 Å². The Hall–Kier alpha value is -3.41. The lowest BCUT2D eigenvalue weighted by molar-refractivity contribution is -0.119. The molecule has 0 aliphatic heterocycles. The molecule has 0 radical (unpaired) electrons. The molecule has 1 heterocycles. The SMILES string of the molecule is CC[C@@H](C(=O)Nc1ccc(OC)cc1)n1nc(-c2ccccc2)c2c(c1=O)CCCC2. The molecule has 0 fully saturated rings. The fourth-order valence-corrected chi connectivity index (χ4v) is 4.16. The van der Waals surface area contributed by atoms with Crippen molar-refractivity contribution in [1.29, 1.82) is 0 Å². The Kier molecular flexibility index (Phi) is 6.16. The average Bonchev–Trinajstić information content (AvgIpc) is 2.82. The molecule has 4 rings (SSSR count). The lowest BCUT2D eigenvalue weighted by Crippen LogP contribution is -2.38. The maximum Gasteiger partial charge on any atom is 0.271 e. The normalized spacial score (nSPS) is 13.9. The molecule has 6 nitrogen and oxygen atoms in total. The van der Waals surface area contributed by atoms with Crippen molar-refractivity contribution in [3.63, 3.8) is 0 Å². The Morgan fingerprint density at radius 2 is 1.74 bits per heavy atom. The second-order valence-corrected chi connectivity index (χ2v) is 7.77. The summed E-state index contributed by atoms with van der Waals surface area (Å²) in [4.78, 5) is 26.5. The van der Waals surface area contributed by atoms with E-state index in [1.807, 2.05) is 37.3 Å². The smallest absolute Gasteiger partial charge is 0.271 e. The van der Waals surface area contributed by atoms with Crippen LogP contribution in [0.2, 0.25) is 0 Å². The zero-order valence-electron chi connectivity index (χ0n) is 17.9. The number of anilines is 1. The van der Waals surface area contributed by atoms with E-state index in [9.17, 15) is 9.59 Å². The lowest BCUT2D eigenvalue weighted by atomic mass is 9.89. The molecule has 31 heavy (non-hydrogen) atoms. The second-order valence-electron chi connectivity index (χ2n) is 7.77. The molecule has 0 saturated carbocycles. The van der Waals surface area contributed by atoms with Crippen LogP contribution in [0.5, 0.6) is 5.75 Å². The van der Waals surface area contributed by atoms with Crippen LogP contribution < -0.4 is 15.6 Å². The Balaban J connectivity index is 1.74. The maximum absolute atomic E-state index is 13.3. The van der Waals surface area contributed by atoms with Gasteiger partial charge in [0.2, 0.25) is 5.91 Å². The highest BCUT2D eigenvalue weighted by atomic mass is 16.5. The molecule has 1 amide bonds. The molecule has 6 heteroatoms. The minimum absolute atomic E-state index is 0.147. The molecule has 1 atom stereocenters. The highest BCUT2D eigenvalue weighted by Crippen LogP contribution is 2.29. The standard InChI is InChI=1S/C25H27N3O3/c1-3-22(24(29)26-18-13-15-19(31-2)16-14-18)28-25(30)21-12-8-7-11-20(21)23(27-28)17-9-5-4-6-10-17/h4-6,9-10,13-16,22H,3,7-8,11-12H2,1-2H3,(H,26,29)/t22-/m0/s1. The van der Waals surface area contributed by atoms with Gasteiger partial charge in [0, 0.05) is 16.8 Å². The molecule has 0 unspecified atom stereocenters. The van der Waals surface area contributed by atoms with Gasteiger partial charge in [-0.2, -0.15) is 5.10 Å². The van der Waals surface area contributed by atoms with Gasteiger partial charge in [0.05, 0.1) is 12.8 Å². The number of benzene rings is 2. The molecule has 0 bridgehead atoms. The first kappa shape index (κ1) is 20.8. The third-order valence-electron chi connectivity index (χ3n) is 5.82. The van der Waals surface area contributed by atoms with Crippen LogP contribution in [0.4, 0.5) is 5.69 Å². The van der Waals surface area contributed by atoms with Gasteiger partial charge in [0.15, 0.2) is 0 Å². The van der Waals surface area contributed by atoms with Crippen molar-refractivity contribution in [3.8, 4) is 17.0 Å². The number of fused-ring (bicyclic) bond motifs is 1. The first-order chi connectivity index (χ1) is 15.1. The fraction of sp³-hybridized carbons (Fsp3) is 0.320. The van der Waals surface area contributed by atoms with E-state index in [1.165, 1.54) is 4.68 Å². The second kappa shape index (κ2) is 9.16. The maximum atomic E-state index is 13.3. The van der Waals surface area contributed by atoms with Crippen LogP contribution in [0.25, 0.3) is 11.3 Å². The molecule has 3 aromatic rings. The Morgan fingerprint density at radius 1 is 1.06 bits per heavy atom. The molecule has 1 aliphatic rings. The molecule has 2 aromatic carbocycles. The van der Waals surface area contributed by atoms with Crippen LogP contribution >= 0.6 is 0 Å². The molecule has 0 spiro atoms. The average molecular weight is 418 g/mol. The van der Waals surface area contributed by atoms with E-state index in [1.54, 1.807) is 31.4 Å². The monoisotopic (exact) mass is 417 g/mol. The highest BCUT2D eigenvalue weighted by molar-refractivity contribution is 5.93. The highest BCUT2D eigenvalue weighted by Gasteiger charge is 2.27. The van der Waals surface area contributed by atoms with E-state index in [0.29, 0.717) is 17.9 Å². The number of amides is 1. The summed E-state index contributed by atoms with van der Waals surface area (Å²) in [6.45, 7) is 1.90. The van der Waals surface area contributed by atoms with Gasteiger partial charge in [-0.1, -0.05) is 37.3 Å². The summed E-state index contributed by atoms with van der Waals surface area (Å²) >= 11 is 0. The van der Waals surface area contributed by atoms with E-state index in [2.05, 4.69) is 5.32 Å². The summed E-state index contributed by atoms with van der Waals surface area (Å²) in [5.41, 5.74) is 4.12. The molecular formula is C25H27N3O3. The van der Waals surface area contributed by atoms with Gasteiger partial charge in [0.1, 0.15) is 11.8 Å². The van der Waals surface area contributed by atoms with Crippen LogP contribution in [0.1, 0.15) is 43.4 Å². The number of nitrogens with one attached hydrogen (secondary N) is 1. The van der Waals surface area contributed by atoms with Crippen LogP contribution in [-0.2, 0) is 17.6 Å². The third-order valence-corrected chi connectivity index (χ3v) is 5.82. The molecule has 1 aliphatic carbocycles. The lowest BCUT2D eigenvalue weighted by Gasteiger charge is -2.23. The van der Waals surface area contributed by atoms with Crippen LogP contribution in [0.15, 0.2) is 59.4 Å². The summed E-state index contributed by atoms with van der Waals surface area (Å²) < 4.78 is 6.56. The number of ether oxygens (including phenoxy) is 1. The van der Waals surface area contributed by atoms with E-state index in [0.717, 1.165) is 48.1 Å². The number of carbonyl (C=O) groups is 1. The zero-order valence-corrected chi connectivity index (χ0v) is 17.9. The van der Waals surface area contributed by atoms with E-state index in [4.69, 9.17) is 9.84 Å². The van der Waals surface area contributed by atoms with Crippen molar-refractivity contribution in [2.24, 2.45) is 0 Å². The van der Waals surface area contributed by atoms with Crippen LogP contribution in [0.3, 0.4) is 0 Å². The van der Waals surface area contributed by atoms with E-state index >= 15 is 0 Å². The quantitative estimate of drug-likeness (QED) is 0.646. The largest absolute Gasteiger partial charge is 0.497 e. The van der Waals surface area contributed by atoms with Crippen molar-refractivity contribution in [2.75, 3.05) is 12.4 Å². The minimum atomic E-state index is -0.690. The summed E-state index contributed by atoms with van der Waals surface area (Å²) in [5, 5.41) is 7.66. The van der Waals surface area contributed by atoms with Gasteiger partial charge in [-0.05, 0) is 61.9 Å². The van der Waals surface area contributed by atoms with Crippen LogP contribution in [0, 0.1) is 0 Å². The van der Waals surface area contributed by atoms with Gasteiger partial charge in [0.25, 0.3) is 5.56 Å². The summed E-state index contributed by atoms with van der Waals surface area (Å²) in [6.07, 6.45) is 4.06. The van der Waals surface area contributed by atoms with Crippen molar-refractivity contribution < 1.29 is 9.53 Å². The number of carbonyl (C=O) groups excluding carboxylic acids is 1. The first-order valence-electron chi connectivity index (χ1n) is 10.8. The third kappa shape index (κ3) is 4.24. The number of rotatable bonds is 6. The van der Waals surface area contributed by atoms with E-state index < -0.39 is 6.04 Å². The van der Waals surface area contributed by atoms with Crippen molar-refractivity contribution in [1.82, 2.24) is 9.78 Å². The number of aromatic nitrogens is 2. The summed E-state index contributed by atoms with van der Waals surface area (Å²) in [5.74, 6) is 0.460. The molecule has 1 aromatic heterocycles. The fourth-order valence-electron chi connectivity index (χ4n) is 4.16. The van der Waals surface area contributed by atoms with Crippen LogP contribution in [-0.4, -0.2) is 22.8 Å². The number of hydrogen-bond acceptors (Lipinski definition) is 4. The summed E-state index contributed by atoms with van der Waals surface area (Å²) in [6, 6.07) is 16.3. The number of nitrogens with zero attached hydrogens (tertiary/aromatic N) is 2. The van der Waals surface area contributed by atoms with Gasteiger partial charge in [-0.3, -0.25) is 9.59 Å². The number of hydrogen-bond donors (Lipinski definition) is 1. The summed E-state index contributed by atoms with van der Waals surface area (Å²) in [7, 11) is 1.60. The zero-order chi connectivity index (χ0) is 21.8. The first-order valence-corrected chi connectivity index (χ1v) is 10.8. The molecule has 1 N–H and O–H groups in total. The molecular weight excluding hydrogens is 390 g/mol. The van der Waals surface area contributed by atoms with Gasteiger partial charge in [-0.25, -0.2) is 4.68 Å².